The number of benzene rings is 9. The molecule has 0 atom stereocenters. The fourth-order valence-electron chi connectivity index (χ4n) is 9.88. The molecule has 59 heavy (non-hydrogen) atoms. The number of nitrogens with zero attached hydrogens (tertiary/aromatic N) is 2. The van der Waals surface area contributed by atoms with E-state index in [0.29, 0.717) is 0 Å². The average molecular weight is 785 g/mol. The third-order valence-corrected chi connectivity index (χ3v) is 14.9. The first kappa shape index (κ1) is 33.3. The molecule has 2 aliphatic rings. The molecule has 0 spiro atoms. The van der Waals surface area contributed by atoms with Crippen molar-refractivity contribution < 1.29 is 0 Å². The van der Waals surface area contributed by atoms with Crippen molar-refractivity contribution in [1.82, 2.24) is 9.13 Å². The summed E-state index contributed by atoms with van der Waals surface area (Å²) >= 11 is 3.87. The van der Waals surface area contributed by atoms with Gasteiger partial charge in [0.1, 0.15) is 0 Å². The van der Waals surface area contributed by atoms with Gasteiger partial charge in [-0.3, -0.25) is 0 Å². The molecular weight excluding hydrogens is 752 g/mol. The molecule has 0 saturated heterocycles. The molecule has 0 aliphatic carbocycles. The highest BCUT2D eigenvalue weighted by molar-refractivity contribution is 8.01. The van der Waals surface area contributed by atoms with E-state index >= 15 is 0 Å². The predicted molar refractivity (Wildman–Crippen MR) is 252 cm³/mol. The SMILES string of the molecule is c1ccc2c(c1)Sc1c(-c3ccc(-n4c5ccccc5c5ccccc54)cc3)cc(-c3ccc(-n4c5ccccc5c5ccccc54)cc3)c3c1B2c1ccccc1S3. The summed E-state index contributed by atoms with van der Waals surface area (Å²) in [6, 6.07) is 74.2. The van der Waals surface area contributed by atoms with Gasteiger partial charge in [-0.2, -0.15) is 0 Å². The van der Waals surface area contributed by atoms with Crippen molar-refractivity contribution in [3.05, 3.63) is 200 Å². The second-order valence-electron chi connectivity index (χ2n) is 15.6. The van der Waals surface area contributed by atoms with Crippen LogP contribution in [0.1, 0.15) is 0 Å². The number of hydrogen-bond donors (Lipinski definition) is 0. The molecule has 4 heterocycles. The van der Waals surface area contributed by atoms with E-state index in [2.05, 4.69) is 209 Å². The molecule has 2 aliphatic heterocycles. The molecule has 0 fully saturated rings. The van der Waals surface area contributed by atoms with Gasteiger partial charge in [-0.1, -0.05) is 168 Å². The molecule has 0 radical (unpaired) electrons. The number of rotatable bonds is 4. The summed E-state index contributed by atoms with van der Waals surface area (Å²) in [7, 11) is 0. The van der Waals surface area contributed by atoms with Crippen molar-refractivity contribution in [2.24, 2.45) is 0 Å². The largest absolute Gasteiger partial charge is 0.309 e. The fourth-order valence-corrected chi connectivity index (χ4v) is 12.5. The van der Waals surface area contributed by atoms with E-state index < -0.39 is 0 Å². The summed E-state index contributed by atoms with van der Waals surface area (Å²) in [5.74, 6) is 0. The predicted octanol–water partition coefficient (Wildman–Crippen LogP) is 12.7. The van der Waals surface area contributed by atoms with Crippen LogP contribution in [0.25, 0.3) is 77.2 Å². The lowest BCUT2D eigenvalue weighted by atomic mass is 9.36. The van der Waals surface area contributed by atoms with E-state index in [1.807, 2.05) is 23.5 Å². The Morgan fingerprint density at radius 2 is 0.678 bits per heavy atom. The van der Waals surface area contributed by atoms with Gasteiger partial charge in [0.2, 0.25) is 6.71 Å². The quantitative estimate of drug-likeness (QED) is 0.165. The van der Waals surface area contributed by atoms with Gasteiger partial charge in [0.15, 0.2) is 0 Å². The van der Waals surface area contributed by atoms with Crippen LogP contribution < -0.4 is 16.4 Å². The fraction of sp³-hybridized carbons (Fsp3) is 0. The Kier molecular flexibility index (Phi) is 7.30. The van der Waals surface area contributed by atoms with Crippen LogP contribution in [0.5, 0.6) is 0 Å². The van der Waals surface area contributed by atoms with Crippen LogP contribution in [0, 0.1) is 0 Å². The Hall–Kier alpha value is -6.66. The van der Waals surface area contributed by atoms with Gasteiger partial charge >= 0.3 is 0 Å². The maximum Gasteiger partial charge on any atom is 0.247 e. The van der Waals surface area contributed by atoms with E-state index in [0.717, 1.165) is 0 Å². The molecule has 2 aromatic heterocycles. The van der Waals surface area contributed by atoms with Crippen LogP contribution in [0.4, 0.5) is 0 Å². The molecule has 0 N–H and O–H groups in total. The van der Waals surface area contributed by atoms with Gasteiger partial charge in [0.05, 0.1) is 22.1 Å². The lowest BCUT2D eigenvalue weighted by Gasteiger charge is -2.35. The number of fused-ring (bicyclic) bond motifs is 10. The normalized spacial score (nSPS) is 12.9. The molecule has 0 bridgehead atoms. The second kappa shape index (κ2) is 12.9. The molecule has 11 aromatic rings. The lowest BCUT2D eigenvalue weighted by molar-refractivity contribution is 1.18. The van der Waals surface area contributed by atoms with Crippen molar-refractivity contribution in [3.63, 3.8) is 0 Å². The number of hydrogen-bond acceptors (Lipinski definition) is 2. The Balaban J connectivity index is 1.02. The minimum absolute atomic E-state index is 0.155. The first-order valence-electron chi connectivity index (χ1n) is 20.2. The van der Waals surface area contributed by atoms with Crippen LogP contribution in [0.2, 0.25) is 0 Å². The second-order valence-corrected chi connectivity index (χ2v) is 17.7. The standard InChI is InChI=1S/C54H33BN2S2/c1-7-19-46-38(13-1)39-14-2-8-20-47(39)56(46)36-29-25-34(26-30-36)42-33-43(35-27-31-37(32-28-35)57-48-21-9-3-15-40(48)41-16-4-10-22-49(41)57)54-52-53(42)58-50-23-11-5-17-44(50)55(52)45-18-6-12-24-51(45)59-54/h1-33H. The highest BCUT2D eigenvalue weighted by Gasteiger charge is 2.40. The van der Waals surface area contributed by atoms with Crippen molar-refractivity contribution in [3.8, 4) is 33.6 Å². The van der Waals surface area contributed by atoms with Crippen molar-refractivity contribution in [1.29, 1.82) is 0 Å². The monoisotopic (exact) mass is 784 g/mol. The van der Waals surface area contributed by atoms with Gasteiger partial charge < -0.3 is 9.13 Å². The average Bonchev–Trinajstić information content (AvgIpc) is 3.82. The van der Waals surface area contributed by atoms with Crippen LogP contribution in [0.3, 0.4) is 0 Å². The zero-order chi connectivity index (χ0) is 38.6. The molecule has 0 unspecified atom stereocenters. The summed E-state index contributed by atoms with van der Waals surface area (Å²) in [4.78, 5) is 5.40. The topological polar surface area (TPSA) is 9.86 Å². The Morgan fingerprint density at radius 1 is 0.339 bits per heavy atom. The lowest BCUT2D eigenvalue weighted by Crippen LogP contribution is -2.58. The Labute approximate surface area is 350 Å². The first-order chi connectivity index (χ1) is 29.3. The third kappa shape index (κ3) is 4.92. The summed E-state index contributed by atoms with van der Waals surface area (Å²) < 4.78 is 4.81. The first-order valence-corrected chi connectivity index (χ1v) is 21.8. The van der Waals surface area contributed by atoms with Crippen LogP contribution in [0.15, 0.2) is 220 Å². The molecule has 0 saturated carbocycles. The van der Waals surface area contributed by atoms with Gasteiger partial charge in [0.25, 0.3) is 0 Å². The maximum absolute atomic E-state index is 2.48. The van der Waals surface area contributed by atoms with Crippen LogP contribution in [-0.4, -0.2) is 15.8 Å². The minimum Gasteiger partial charge on any atom is -0.309 e. The third-order valence-electron chi connectivity index (χ3n) is 12.5. The maximum atomic E-state index is 2.48. The van der Waals surface area contributed by atoms with E-state index in [1.165, 1.54) is 113 Å². The van der Waals surface area contributed by atoms with Gasteiger partial charge in [-0.25, -0.2) is 0 Å². The Morgan fingerprint density at radius 3 is 1.07 bits per heavy atom. The van der Waals surface area contributed by atoms with E-state index in [4.69, 9.17) is 0 Å². The van der Waals surface area contributed by atoms with E-state index in [1.54, 1.807) is 0 Å². The smallest absolute Gasteiger partial charge is 0.247 e. The van der Waals surface area contributed by atoms with Gasteiger partial charge in [-0.15, -0.1) is 0 Å². The zero-order valence-electron chi connectivity index (χ0n) is 31.8. The highest BCUT2D eigenvalue weighted by atomic mass is 32.2. The molecule has 5 heteroatoms. The van der Waals surface area contributed by atoms with Gasteiger partial charge in [-0.05, 0) is 94.4 Å². The molecule has 13 rings (SSSR count). The minimum atomic E-state index is 0.155. The molecule has 9 aromatic carbocycles. The van der Waals surface area contributed by atoms with E-state index in [-0.39, 0.29) is 6.71 Å². The van der Waals surface area contributed by atoms with Crippen molar-refractivity contribution in [2.75, 3.05) is 0 Å². The van der Waals surface area contributed by atoms with Crippen LogP contribution in [-0.2, 0) is 0 Å². The number of aromatic nitrogens is 2. The van der Waals surface area contributed by atoms with E-state index in [9.17, 15) is 0 Å². The molecule has 2 nitrogen and oxygen atoms in total. The van der Waals surface area contributed by atoms with Crippen molar-refractivity contribution >= 4 is 90.2 Å². The zero-order valence-corrected chi connectivity index (χ0v) is 33.5. The van der Waals surface area contributed by atoms with Crippen molar-refractivity contribution in [2.45, 2.75) is 19.6 Å². The van der Waals surface area contributed by atoms with Gasteiger partial charge in [0, 0.05) is 52.5 Å². The molecule has 0 amide bonds. The summed E-state index contributed by atoms with van der Waals surface area (Å²) in [6.07, 6.45) is 0. The highest BCUT2D eigenvalue weighted by Crippen LogP contribution is 2.48. The summed E-state index contributed by atoms with van der Waals surface area (Å²) in [5, 5.41) is 5.11. The van der Waals surface area contributed by atoms with Crippen LogP contribution >= 0.6 is 23.5 Å². The summed E-state index contributed by atoms with van der Waals surface area (Å²) in [6.45, 7) is 0.155. The molecule has 274 valence electrons. The number of para-hydroxylation sites is 4. The summed E-state index contributed by atoms with van der Waals surface area (Å²) in [5.41, 5.74) is 16.5. The molecular formula is C54H33BN2S2. The Bertz CT molecular complexity index is 3170.